The van der Waals surface area contributed by atoms with Gasteiger partial charge in [-0.2, -0.15) is 5.10 Å². The third-order valence-corrected chi connectivity index (χ3v) is 3.53. The van der Waals surface area contributed by atoms with Gasteiger partial charge in [-0.1, -0.05) is 34.8 Å². The van der Waals surface area contributed by atoms with Crippen LogP contribution in [0.3, 0.4) is 0 Å². The van der Waals surface area contributed by atoms with E-state index < -0.39 is 5.91 Å². The molecule has 2 heterocycles. The second-order valence-electron chi connectivity index (χ2n) is 3.83. The van der Waals surface area contributed by atoms with E-state index in [0.717, 1.165) is 5.56 Å². The third kappa shape index (κ3) is 3.60. The van der Waals surface area contributed by atoms with Crippen LogP contribution in [0.4, 0.5) is 5.69 Å². The molecule has 1 amide bonds. The van der Waals surface area contributed by atoms with Gasteiger partial charge in [0.15, 0.2) is 23.2 Å². The minimum absolute atomic E-state index is 0.00143. The number of nitrogen functional groups attached to an aromatic ring is 1. The van der Waals surface area contributed by atoms with Crippen molar-refractivity contribution < 1.29 is 9.78 Å². The van der Waals surface area contributed by atoms with Gasteiger partial charge in [-0.3, -0.25) is 4.79 Å². The molecule has 0 aromatic carbocycles. The standard InChI is InChI=1S/C12H8Cl3N5O/c13-7-9(16)8(14)11(15)19-10(7)12(21)20-18-5-6-2-1-3-17-4-6/h1-5H,(H2,16,19)(H,20,21)/p+1/b18-5-. The number of carbonyl (C=O) groups is 1. The molecule has 21 heavy (non-hydrogen) atoms. The number of aromatic amines is 1. The Morgan fingerprint density at radius 3 is 2.81 bits per heavy atom. The minimum atomic E-state index is -0.651. The number of nitrogens with zero attached hydrogens (tertiary/aromatic N) is 2. The second-order valence-corrected chi connectivity index (χ2v) is 4.94. The Morgan fingerprint density at radius 2 is 2.14 bits per heavy atom. The van der Waals surface area contributed by atoms with E-state index in [-0.39, 0.29) is 26.6 Å². The van der Waals surface area contributed by atoms with E-state index in [1.807, 2.05) is 0 Å². The largest absolute Gasteiger partial charge is 0.396 e. The number of H-pyrrole nitrogens is 1. The number of carbonyl (C=O) groups excluding carboxylic acids is 1. The molecule has 0 saturated heterocycles. The zero-order valence-electron chi connectivity index (χ0n) is 10.4. The van der Waals surface area contributed by atoms with Crippen molar-refractivity contribution >= 4 is 52.6 Å². The predicted molar refractivity (Wildman–Crippen MR) is 81.7 cm³/mol. The van der Waals surface area contributed by atoms with Crippen molar-refractivity contribution in [1.82, 2.24) is 10.4 Å². The molecule has 2 aromatic heterocycles. The Hall–Kier alpha value is -1.89. The van der Waals surface area contributed by atoms with Crippen LogP contribution in [0.1, 0.15) is 16.1 Å². The number of rotatable bonds is 3. The van der Waals surface area contributed by atoms with E-state index in [9.17, 15) is 4.79 Å². The van der Waals surface area contributed by atoms with Crippen LogP contribution in [0.25, 0.3) is 0 Å². The van der Waals surface area contributed by atoms with Crippen LogP contribution in [-0.2, 0) is 0 Å². The molecule has 0 aliphatic heterocycles. The summed E-state index contributed by atoms with van der Waals surface area (Å²) in [6.45, 7) is 0. The highest BCUT2D eigenvalue weighted by Gasteiger charge is 2.19. The summed E-state index contributed by atoms with van der Waals surface area (Å²) >= 11 is 17.4. The lowest BCUT2D eigenvalue weighted by Gasteiger charge is -2.07. The summed E-state index contributed by atoms with van der Waals surface area (Å²) < 4.78 is 0. The Labute approximate surface area is 134 Å². The molecule has 6 nitrogen and oxygen atoms in total. The molecule has 2 rings (SSSR count). The molecule has 0 saturated carbocycles. The maximum absolute atomic E-state index is 11.9. The first-order chi connectivity index (χ1) is 10.0. The number of aromatic nitrogens is 2. The first-order valence-electron chi connectivity index (χ1n) is 5.60. The van der Waals surface area contributed by atoms with Crippen LogP contribution >= 0.6 is 34.8 Å². The lowest BCUT2D eigenvalue weighted by atomic mass is 10.3. The Bertz CT molecular complexity index is 706. The van der Waals surface area contributed by atoms with Gasteiger partial charge in [0.2, 0.25) is 0 Å². The number of nitrogens with two attached hydrogens (primary N) is 1. The number of amides is 1. The molecule has 0 aliphatic carbocycles. The van der Waals surface area contributed by atoms with Gasteiger partial charge in [0, 0.05) is 6.07 Å². The van der Waals surface area contributed by atoms with Crippen LogP contribution in [0.15, 0.2) is 29.6 Å². The number of hydrogen-bond donors (Lipinski definition) is 2. The van der Waals surface area contributed by atoms with Crippen molar-refractivity contribution in [2.75, 3.05) is 5.73 Å². The van der Waals surface area contributed by atoms with Gasteiger partial charge in [-0.15, -0.1) is 0 Å². The Balaban J connectivity index is 2.16. The SMILES string of the molecule is Nc1c(Cl)c(Cl)nc(C(=O)N/N=C\c2ccc[nH+]c2)c1Cl. The van der Waals surface area contributed by atoms with Crippen molar-refractivity contribution in [1.29, 1.82) is 0 Å². The summed E-state index contributed by atoms with van der Waals surface area (Å²) in [7, 11) is 0. The molecular formula is C12H9Cl3N5O+. The zero-order valence-corrected chi connectivity index (χ0v) is 12.7. The summed E-state index contributed by atoms with van der Waals surface area (Å²) in [5.41, 5.74) is 8.51. The lowest BCUT2D eigenvalue weighted by Crippen LogP contribution is -2.20. The van der Waals surface area contributed by atoms with Crippen LogP contribution < -0.4 is 16.1 Å². The number of hydrogen-bond acceptors (Lipinski definition) is 4. The maximum Gasteiger partial charge on any atom is 0.291 e. The summed E-state index contributed by atoms with van der Waals surface area (Å²) in [6.07, 6.45) is 4.90. The van der Waals surface area contributed by atoms with Gasteiger partial charge in [0.25, 0.3) is 5.91 Å². The third-order valence-electron chi connectivity index (χ3n) is 2.40. The van der Waals surface area contributed by atoms with Gasteiger partial charge < -0.3 is 5.73 Å². The second kappa shape index (κ2) is 6.71. The maximum atomic E-state index is 11.9. The normalized spacial score (nSPS) is 10.8. The predicted octanol–water partition coefficient (Wildman–Crippen LogP) is 2.20. The number of anilines is 1. The Morgan fingerprint density at radius 1 is 1.38 bits per heavy atom. The van der Waals surface area contributed by atoms with Gasteiger partial charge >= 0.3 is 0 Å². The average Bonchev–Trinajstić information content (AvgIpc) is 2.49. The lowest BCUT2D eigenvalue weighted by molar-refractivity contribution is -0.378. The van der Waals surface area contributed by atoms with Gasteiger partial charge in [-0.05, 0) is 6.07 Å². The molecule has 108 valence electrons. The monoisotopic (exact) mass is 344 g/mol. The fraction of sp³-hybridized carbons (Fsp3) is 0. The molecule has 0 atom stereocenters. The van der Waals surface area contributed by atoms with Gasteiger partial charge in [-0.25, -0.2) is 15.4 Å². The van der Waals surface area contributed by atoms with E-state index in [1.54, 1.807) is 24.5 Å². The molecule has 9 heteroatoms. The molecule has 0 fully saturated rings. The summed E-state index contributed by atoms with van der Waals surface area (Å²) in [6, 6.07) is 3.59. The molecule has 0 bridgehead atoms. The molecular weight excluding hydrogens is 337 g/mol. The summed E-state index contributed by atoms with van der Waals surface area (Å²) in [5, 5.41) is 3.60. The van der Waals surface area contributed by atoms with Gasteiger partial charge in [0.1, 0.15) is 5.02 Å². The van der Waals surface area contributed by atoms with Crippen molar-refractivity contribution in [3.05, 3.63) is 51.0 Å². The molecule has 4 N–H and O–H groups in total. The molecule has 0 radical (unpaired) electrons. The fourth-order valence-electron chi connectivity index (χ4n) is 1.39. The topological polar surface area (TPSA) is 94.5 Å². The van der Waals surface area contributed by atoms with E-state index in [1.165, 1.54) is 6.21 Å². The van der Waals surface area contributed by atoms with E-state index in [4.69, 9.17) is 40.5 Å². The Kier molecular flexibility index (Phi) is 4.95. The molecule has 0 unspecified atom stereocenters. The van der Waals surface area contributed by atoms with Gasteiger partial charge in [0.05, 0.1) is 22.5 Å². The number of halogens is 3. The molecule has 0 aliphatic rings. The number of hydrazone groups is 1. The highest BCUT2D eigenvalue weighted by molar-refractivity contribution is 6.46. The average molecular weight is 346 g/mol. The van der Waals surface area contributed by atoms with Crippen molar-refractivity contribution in [2.45, 2.75) is 0 Å². The first kappa shape index (κ1) is 15.5. The fourth-order valence-corrected chi connectivity index (χ4v) is 1.98. The van der Waals surface area contributed by atoms with Crippen LogP contribution in [0.2, 0.25) is 15.2 Å². The smallest absolute Gasteiger partial charge is 0.291 e. The molecule has 2 aromatic rings. The summed E-state index contributed by atoms with van der Waals surface area (Å²) in [5.74, 6) is -0.651. The highest BCUT2D eigenvalue weighted by Crippen LogP contribution is 2.34. The van der Waals surface area contributed by atoms with Crippen LogP contribution in [0.5, 0.6) is 0 Å². The highest BCUT2D eigenvalue weighted by atomic mass is 35.5. The quantitative estimate of drug-likeness (QED) is 0.507. The van der Waals surface area contributed by atoms with E-state index in [0.29, 0.717) is 0 Å². The summed E-state index contributed by atoms with van der Waals surface area (Å²) in [4.78, 5) is 18.6. The first-order valence-corrected chi connectivity index (χ1v) is 6.73. The zero-order chi connectivity index (χ0) is 15.4. The van der Waals surface area contributed by atoms with Crippen molar-refractivity contribution in [2.24, 2.45) is 5.10 Å². The number of pyridine rings is 2. The molecule has 0 spiro atoms. The van der Waals surface area contributed by atoms with Crippen LogP contribution in [-0.4, -0.2) is 17.1 Å². The minimum Gasteiger partial charge on any atom is -0.396 e. The van der Waals surface area contributed by atoms with Crippen molar-refractivity contribution in [3.8, 4) is 0 Å². The number of nitrogens with one attached hydrogen (secondary N) is 2. The van der Waals surface area contributed by atoms with Crippen LogP contribution in [0, 0.1) is 0 Å². The van der Waals surface area contributed by atoms with Crippen molar-refractivity contribution in [3.63, 3.8) is 0 Å². The van der Waals surface area contributed by atoms with E-state index >= 15 is 0 Å². The van der Waals surface area contributed by atoms with E-state index in [2.05, 4.69) is 20.5 Å².